The van der Waals surface area contributed by atoms with E-state index >= 15 is 0 Å². The summed E-state index contributed by atoms with van der Waals surface area (Å²) in [7, 11) is 0. The van der Waals surface area contributed by atoms with E-state index in [1.54, 1.807) is 0 Å². The first kappa shape index (κ1) is 20.5. The topological polar surface area (TPSA) is 9.23 Å². The molecule has 0 rings (SSSR count). The maximum absolute atomic E-state index is 5.40. The van der Waals surface area contributed by atoms with Crippen LogP contribution >= 0.6 is 0 Å². The van der Waals surface area contributed by atoms with Crippen molar-refractivity contribution >= 4 is 0 Å². The van der Waals surface area contributed by atoms with Crippen LogP contribution in [0.25, 0.3) is 0 Å². The van der Waals surface area contributed by atoms with Gasteiger partial charge >= 0.3 is 0 Å². The molecule has 21 heavy (non-hydrogen) atoms. The van der Waals surface area contributed by atoms with Crippen molar-refractivity contribution < 1.29 is 4.74 Å². The number of unbranched alkanes of at least 4 members (excludes halogenated alkanes) is 13. The van der Waals surface area contributed by atoms with Crippen LogP contribution in [0.3, 0.4) is 0 Å². The Morgan fingerprint density at radius 1 is 0.571 bits per heavy atom. The molecule has 1 heteroatoms. The van der Waals surface area contributed by atoms with Gasteiger partial charge in [-0.3, -0.25) is 0 Å². The van der Waals surface area contributed by atoms with Gasteiger partial charge in [-0.15, -0.1) is 0 Å². The number of ether oxygens (including phenoxy) is 1. The van der Waals surface area contributed by atoms with E-state index in [0.717, 1.165) is 13.0 Å². The van der Waals surface area contributed by atoms with Crippen molar-refractivity contribution in [2.45, 2.75) is 110 Å². The SMILES string of the molecule is CCC=COCCCCCCCCCCCCCCCC. The molecule has 0 aromatic heterocycles. The van der Waals surface area contributed by atoms with Gasteiger partial charge < -0.3 is 4.74 Å². The number of hydrogen-bond donors (Lipinski definition) is 0. The molecule has 0 saturated carbocycles. The lowest BCUT2D eigenvalue weighted by Crippen LogP contribution is -1.88. The monoisotopic (exact) mass is 296 g/mol. The average molecular weight is 297 g/mol. The largest absolute Gasteiger partial charge is 0.502 e. The number of rotatable bonds is 17. The highest BCUT2D eigenvalue weighted by Gasteiger charge is 1.94. The van der Waals surface area contributed by atoms with E-state index in [4.69, 9.17) is 4.74 Å². The molecule has 0 saturated heterocycles. The quantitative estimate of drug-likeness (QED) is 0.200. The van der Waals surface area contributed by atoms with E-state index in [9.17, 15) is 0 Å². The van der Waals surface area contributed by atoms with E-state index in [0.29, 0.717) is 0 Å². The van der Waals surface area contributed by atoms with Crippen molar-refractivity contribution in [2.24, 2.45) is 0 Å². The Kier molecular flexibility index (Phi) is 19.1. The Hall–Kier alpha value is -0.460. The third-order valence-corrected chi connectivity index (χ3v) is 4.04. The summed E-state index contributed by atoms with van der Waals surface area (Å²) in [6, 6.07) is 0. The summed E-state index contributed by atoms with van der Waals surface area (Å²) < 4.78 is 5.40. The molecule has 0 radical (unpaired) electrons. The second kappa shape index (κ2) is 19.5. The summed E-state index contributed by atoms with van der Waals surface area (Å²) >= 11 is 0. The first-order valence-electron chi connectivity index (χ1n) is 9.68. The molecule has 0 aromatic rings. The van der Waals surface area contributed by atoms with Crippen molar-refractivity contribution in [3.63, 3.8) is 0 Å². The van der Waals surface area contributed by atoms with Crippen LogP contribution in [0.5, 0.6) is 0 Å². The minimum absolute atomic E-state index is 0.897. The van der Waals surface area contributed by atoms with Crippen LogP contribution in [-0.2, 0) is 4.74 Å². The molecule has 1 nitrogen and oxygen atoms in total. The van der Waals surface area contributed by atoms with Crippen LogP contribution in [0.2, 0.25) is 0 Å². The highest BCUT2D eigenvalue weighted by molar-refractivity contribution is 4.70. The van der Waals surface area contributed by atoms with E-state index in [-0.39, 0.29) is 0 Å². The first-order valence-corrected chi connectivity index (χ1v) is 9.68. The van der Waals surface area contributed by atoms with Gasteiger partial charge in [0.1, 0.15) is 0 Å². The normalized spacial score (nSPS) is 11.3. The molecule has 0 N–H and O–H groups in total. The van der Waals surface area contributed by atoms with E-state index < -0.39 is 0 Å². The summed E-state index contributed by atoms with van der Waals surface area (Å²) in [5, 5.41) is 0. The fourth-order valence-corrected chi connectivity index (χ4v) is 2.61. The molecular weight excluding hydrogens is 256 g/mol. The smallest absolute Gasteiger partial charge is 0.0873 e. The van der Waals surface area contributed by atoms with Gasteiger partial charge in [-0.1, -0.05) is 103 Å². The fourth-order valence-electron chi connectivity index (χ4n) is 2.61. The van der Waals surface area contributed by atoms with Crippen molar-refractivity contribution in [2.75, 3.05) is 6.61 Å². The molecule has 126 valence electrons. The van der Waals surface area contributed by atoms with E-state index in [1.165, 1.54) is 89.9 Å². The predicted octanol–water partition coefficient (Wildman–Crippen LogP) is 7.41. The molecule has 0 unspecified atom stereocenters. The second-order valence-electron chi connectivity index (χ2n) is 6.25. The Bertz CT molecular complexity index is 198. The lowest BCUT2D eigenvalue weighted by Gasteiger charge is -2.03. The molecule has 0 amide bonds. The molecule has 0 aliphatic rings. The van der Waals surface area contributed by atoms with Crippen LogP contribution in [-0.4, -0.2) is 6.61 Å². The van der Waals surface area contributed by atoms with E-state index in [2.05, 4.69) is 19.9 Å². The van der Waals surface area contributed by atoms with Crippen LogP contribution in [0.4, 0.5) is 0 Å². The Morgan fingerprint density at radius 2 is 1.00 bits per heavy atom. The highest BCUT2D eigenvalue weighted by atomic mass is 16.5. The highest BCUT2D eigenvalue weighted by Crippen LogP contribution is 2.12. The van der Waals surface area contributed by atoms with Gasteiger partial charge in [0, 0.05) is 0 Å². The molecule has 0 fully saturated rings. The standard InChI is InChI=1S/C20H40O/c1-3-5-7-8-9-10-11-12-13-14-15-16-17-18-20-21-19-6-4-2/h6,19H,3-5,7-18,20H2,1-2H3. The van der Waals surface area contributed by atoms with Crippen molar-refractivity contribution in [1.29, 1.82) is 0 Å². The Balaban J connectivity index is 2.95. The van der Waals surface area contributed by atoms with Gasteiger partial charge in [0.15, 0.2) is 0 Å². The third kappa shape index (κ3) is 19.5. The molecule has 0 aliphatic carbocycles. The Morgan fingerprint density at radius 3 is 1.43 bits per heavy atom. The molecule has 0 spiro atoms. The summed E-state index contributed by atoms with van der Waals surface area (Å²) in [6.45, 7) is 5.32. The zero-order valence-corrected chi connectivity index (χ0v) is 14.9. The molecule has 0 aliphatic heterocycles. The maximum atomic E-state index is 5.40. The second-order valence-corrected chi connectivity index (χ2v) is 6.25. The predicted molar refractivity (Wildman–Crippen MR) is 95.7 cm³/mol. The lowest BCUT2D eigenvalue weighted by molar-refractivity contribution is 0.239. The molecular formula is C20H40O. The zero-order chi connectivity index (χ0) is 15.4. The molecule has 0 bridgehead atoms. The van der Waals surface area contributed by atoms with Crippen LogP contribution in [0.15, 0.2) is 12.3 Å². The maximum Gasteiger partial charge on any atom is 0.0873 e. The van der Waals surface area contributed by atoms with Crippen LogP contribution < -0.4 is 0 Å². The van der Waals surface area contributed by atoms with Gasteiger partial charge in [0.25, 0.3) is 0 Å². The first-order chi connectivity index (χ1) is 10.4. The summed E-state index contributed by atoms with van der Waals surface area (Å²) in [5.74, 6) is 0. The summed E-state index contributed by atoms with van der Waals surface area (Å²) in [4.78, 5) is 0. The van der Waals surface area contributed by atoms with E-state index in [1.807, 2.05) is 6.26 Å². The van der Waals surface area contributed by atoms with Crippen molar-refractivity contribution in [3.8, 4) is 0 Å². The summed E-state index contributed by atoms with van der Waals surface area (Å²) in [6.07, 6.45) is 24.8. The van der Waals surface area contributed by atoms with Crippen LogP contribution in [0.1, 0.15) is 110 Å². The number of allylic oxidation sites excluding steroid dienone is 1. The average Bonchev–Trinajstić information content (AvgIpc) is 2.50. The molecule has 0 atom stereocenters. The minimum atomic E-state index is 0.897. The van der Waals surface area contributed by atoms with Gasteiger partial charge in [-0.05, 0) is 12.8 Å². The minimum Gasteiger partial charge on any atom is -0.502 e. The van der Waals surface area contributed by atoms with Gasteiger partial charge in [-0.25, -0.2) is 0 Å². The lowest BCUT2D eigenvalue weighted by atomic mass is 10.0. The van der Waals surface area contributed by atoms with Gasteiger partial charge in [0.2, 0.25) is 0 Å². The fraction of sp³-hybridized carbons (Fsp3) is 0.900. The zero-order valence-electron chi connectivity index (χ0n) is 14.9. The third-order valence-electron chi connectivity index (χ3n) is 4.04. The molecule has 0 aromatic carbocycles. The summed E-state index contributed by atoms with van der Waals surface area (Å²) in [5.41, 5.74) is 0. The van der Waals surface area contributed by atoms with Gasteiger partial charge in [0.05, 0.1) is 12.9 Å². The Labute approximate surface area is 134 Å². The van der Waals surface area contributed by atoms with Crippen LogP contribution in [0, 0.1) is 0 Å². The number of hydrogen-bond acceptors (Lipinski definition) is 1. The van der Waals surface area contributed by atoms with Gasteiger partial charge in [-0.2, -0.15) is 0 Å². The van der Waals surface area contributed by atoms with Crippen molar-refractivity contribution in [1.82, 2.24) is 0 Å². The van der Waals surface area contributed by atoms with Crippen molar-refractivity contribution in [3.05, 3.63) is 12.3 Å². The molecule has 0 heterocycles.